The maximum Gasteiger partial charge on any atom is 0.356 e. The molecule has 0 atom stereocenters. The fraction of sp³-hybridized carbons (Fsp3) is 0.333. The molecule has 0 saturated heterocycles. The first kappa shape index (κ1) is 31.8. The number of aromatic nitrogens is 1. The van der Waals surface area contributed by atoms with Gasteiger partial charge in [0.25, 0.3) is 5.56 Å². The Morgan fingerprint density at radius 1 is 1.14 bits per heavy atom. The molecule has 4 aromatic rings. The number of benzene rings is 2. The van der Waals surface area contributed by atoms with Crippen molar-refractivity contribution in [1.29, 1.82) is 0 Å². The van der Waals surface area contributed by atoms with E-state index in [1.165, 1.54) is 38.8 Å². The Balaban J connectivity index is 0.000000748. The summed E-state index contributed by atoms with van der Waals surface area (Å²) in [6, 6.07) is 13.2. The number of rotatable bonds is 7. The minimum Gasteiger partial charge on any atom is -0.508 e. The highest BCUT2D eigenvalue weighted by molar-refractivity contribution is 8.31. The van der Waals surface area contributed by atoms with E-state index in [2.05, 4.69) is 60.1 Å². The highest BCUT2D eigenvalue weighted by Gasteiger charge is 2.26. The summed E-state index contributed by atoms with van der Waals surface area (Å²) >= 11 is 2.81. The van der Waals surface area contributed by atoms with Gasteiger partial charge in [0.05, 0.1) is 17.2 Å². The van der Waals surface area contributed by atoms with Crippen molar-refractivity contribution in [2.75, 3.05) is 42.6 Å². The molecule has 0 saturated carbocycles. The highest BCUT2D eigenvalue weighted by atomic mass is 32.3. The molecule has 2 N–H and O–H groups in total. The molecule has 6 nitrogen and oxygen atoms in total. The fourth-order valence-corrected chi connectivity index (χ4v) is 6.58. The number of fused-ring (bicyclic) bond motifs is 2. The molecule has 0 fully saturated rings. The number of thiazole rings is 1. The zero-order valence-corrected chi connectivity index (χ0v) is 27.8. The van der Waals surface area contributed by atoms with Gasteiger partial charge in [-0.05, 0) is 103 Å². The van der Waals surface area contributed by atoms with Gasteiger partial charge < -0.3 is 14.6 Å². The Labute approximate surface area is 258 Å². The topological polar surface area (TPSA) is 80.0 Å². The number of nitrogens with zero attached hydrogens (tertiary/aromatic N) is 1. The minimum atomic E-state index is -0.554. The number of phenols is 1. The lowest BCUT2D eigenvalue weighted by Crippen LogP contribution is -2.20. The summed E-state index contributed by atoms with van der Waals surface area (Å²) in [5.41, 5.74) is 6.74. The quantitative estimate of drug-likeness (QED) is 0.162. The second-order valence-corrected chi connectivity index (χ2v) is 17.9. The van der Waals surface area contributed by atoms with Gasteiger partial charge in [-0.1, -0.05) is 42.3 Å². The Hall–Kier alpha value is -3.14. The molecule has 224 valence electrons. The van der Waals surface area contributed by atoms with Crippen LogP contribution in [0.3, 0.4) is 0 Å². The molecule has 0 amide bonds. The number of aromatic hydroxyl groups is 1. The lowest BCUT2D eigenvalue weighted by molar-refractivity contribution is 0.0519. The van der Waals surface area contributed by atoms with Crippen LogP contribution in [-0.2, 0) is 17.6 Å². The van der Waals surface area contributed by atoms with Crippen LogP contribution < -0.4 is 10.3 Å². The van der Waals surface area contributed by atoms with E-state index in [9.17, 15) is 14.7 Å². The van der Waals surface area contributed by atoms with Gasteiger partial charge in [-0.3, -0.25) is 19.2 Å². The number of hydrogen-bond acceptors (Lipinski definition) is 7. The standard InChI is InChI=1S/C29H28N2O4S2.C4H12S/c1-4-35-29(34)26-27(20-12-13-23(32)17(2)14-20)37-28-25(30-36-3)21(16-24(33)31(26)28)15-19-10-7-9-18-8-5-6-11-22(18)19;1-5(2,3)4/h6-7,9-14,16,30,32H,4-5,8,15H2,1-3H3;1-4H3. The molecule has 0 spiro atoms. The number of ether oxygens (including phenoxy) is 1. The lowest BCUT2D eigenvalue weighted by atomic mass is 9.90. The van der Waals surface area contributed by atoms with Crippen molar-refractivity contribution >= 4 is 55.9 Å². The number of nitrogens with one attached hydrogen (secondary N) is 1. The van der Waals surface area contributed by atoms with Crippen molar-refractivity contribution in [3.8, 4) is 16.2 Å². The number of esters is 1. The van der Waals surface area contributed by atoms with Crippen LogP contribution in [0.4, 0.5) is 5.69 Å². The molecule has 42 heavy (non-hydrogen) atoms. The maximum atomic E-state index is 13.6. The van der Waals surface area contributed by atoms with E-state index in [1.54, 1.807) is 32.0 Å². The van der Waals surface area contributed by atoms with E-state index in [-0.39, 0.29) is 33.6 Å². The Kier molecular flexibility index (Phi) is 10.2. The predicted octanol–water partition coefficient (Wildman–Crippen LogP) is 7.77. The number of anilines is 1. The van der Waals surface area contributed by atoms with E-state index >= 15 is 0 Å². The number of carbonyl (C=O) groups excluding carboxylic acids is 1. The van der Waals surface area contributed by atoms with Crippen molar-refractivity contribution in [3.05, 3.63) is 92.4 Å². The van der Waals surface area contributed by atoms with Crippen molar-refractivity contribution in [2.24, 2.45) is 0 Å². The molecule has 2 aromatic carbocycles. The number of phenolic OH excluding ortho intramolecular Hbond substituents is 1. The van der Waals surface area contributed by atoms with Crippen LogP contribution in [0.5, 0.6) is 5.75 Å². The van der Waals surface area contributed by atoms with Crippen LogP contribution in [0, 0.1) is 6.92 Å². The number of pyridine rings is 1. The molecule has 5 rings (SSSR count). The summed E-state index contributed by atoms with van der Waals surface area (Å²) in [6.45, 7) is 3.74. The number of carbonyl (C=O) groups is 1. The number of hydrogen-bond donors (Lipinski definition) is 2. The normalized spacial score (nSPS) is 12.8. The van der Waals surface area contributed by atoms with Gasteiger partial charge in [-0.2, -0.15) is 0 Å². The third-order valence-corrected chi connectivity index (χ3v) is 8.18. The summed E-state index contributed by atoms with van der Waals surface area (Å²) in [5.74, 6) is -0.381. The van der Waals surface area contributed by atoms with E-state index in [0.717, 1.165) is 35.2 Å². The van der Waals surface area contributed by atoms with Crippen molar-refractivity contribution < 1.29 is 14.6 Å². The molecule has 0 radical (unpaired) electrons. The van der Waals surface area contributed by atoms with Crippen LogP contribution in [0.1, 0.15) is 51.7 Å². The van der Waals surface area contributed by atoms with Crippen LogP contribution in [-0.4, -0.2) is 53.4 Å². The Morgan fingerprint density at radius 3 is 2.55 bits per heavy atom. The SMILES string of the molecule is CCOC(=O)c1c(-c2ccc(O)c(C)c2)sc2c(NSC)c(Cc3cccc4c3C=CCC4)cc(=O)n12.CS(C)(C)C. The summed E-state index contributed by atoms with van der Waals surface area (Å²) in [7, 11) is -0.167. The summed E-state index contributed by atoms with van der Waals surface area (Å²) < 4.78 is 10.2. The second kappa shape index (κ2) is 13.4. The van der Waals surface area contributed by atoms with Crippen LogP contribution in [0.2, 0.25) is 0 Å². The first-order chi connectivity index (χ1) is 19.9. The zero-order chi connectivity index (χ0) is 30.6. The van der Waals surface area contributed by atoms with E-state index < -0.39 is 5.97 Å². The van der Waals surface area contributed by atoms with Gasteiger partial charge in [0.1, 0.15) is 10.6 Å². The number of aryl methyl sites for hydroxylation is 2. The van der Waals surface area contributed by atoms with Gasteiger partial charge >= 0.3 is 5.97 Å². The molecule has 2 aromatic heterocycles. The number of allylic oxidation sites excluding steroid dienone is 1. The molecule has 0 bridgehead atoms. The molecular formula is C33H40N2O4S3. The van der Waals surface area contributed by atoms with Crippen molar-refractivity contribution in [2.45, 2.75) is 33.1 Å². The molecule has 1 aliphatic rings. The minimum absolute atomic E-state index is 0.167. The van der Waals surface area contributed by atoms with E-state index in [4.69, 9.17) is 4.74 Å². The molecule has 2 heterocycles. The predicted molar refractivity (Wildman–Crippen MR) is 184 cm³/mol. The average molecular weight is 625 g/mol. The van der Waals surface area contributed by atoms with E-state index in [1.807, 2.05) is 12.3 Å². The Bertz CT molecular complexity index is 1690. The third-order valence-electron chi connectivity index (χ3n) is 6.56. The van der Waals surface area contributed by atoms with Gasteiger partial charge in [0.15, 0.2) is 5.69 Å². The van der Waals surface area contributed by atoms with Crippen LogP contribution in [0.25, 0.3) is 21.3 Å². The lowest BCUT2D eigenvalue weighted by Gasteiger charge is -2.17. The van der Waals surface area contributed by atoms with Gasteiger partial charge in [-0.25, -0.2) is 4.79 Å². The molecule has 0 unspecified atom stereocenters. The maximum absolute atomic E-state index is 13.6. The average Bonchev–Trinajstić information content (AvgIpc) is 3.33. The highest BCUT2D eigenvalue weighted by Crippen LogP contribution is 2.40. The monoisotopic (exact) mass is 624 g/mol. The van der Waals surface area contributed by atoms with Crippen molar-refractivity contribution in [3.63, 3.8) is 0 Å². The van der Waals surface area contributed by atoms with Crippen LogP contribution >= 0.6 is 33.3 Å². The Morgan fingerprint density at radius 2 is 1.88 bits per heavy atom. The fourth-order valence-electron chi connectivity index (χ4n) is 4.81. The molecule has 9 heteroatoms. The first-order valence-electron chi connectivity index (χ1n) is 13.8. The van der Waals surface area contributed by atoms with Crippen molar-refractivity contribution in [1.82, 2.24) is 4.40 Å². The molecular weight excluding hydrogens is 585 g/mol. The largest absolute Gasteiger partial charge is 0.508 e. The second-order valence-electron chi connectivity index (χ2n) is 11.4. The summed E-state index contributed by atoms with van der Waals surface area (Å²) in [6.07, 6.45) is 18.0. The molecule has 1 aliphatic carbocycles. The summed E-state index contributed by atoms with van der Waals surface area (Å²) in [5, 5.41) is 10.1. The van der Waals surface area contributed by atoms with E-state index in [0.29, 0.717) is 21.7 Å². The third kappa shape index (κ3) is 7.25. The smallest absolute Gasteiger partial charge is 0.356 e. The first-order valence-corrected chi connectivity index (χ1v) is 19.1. The van der Waals surface area contributed by atoms with Crippen LogP contribution in [0.15, 0.2) is 53.3 Å². The molecule has 0 aliphatic heterocycles. The summed E-state index contributed by atoms with van der Waals surface area (Å²) in [4.78, 5) is 28.0. The van der Waals surface area contributed by atoms with Gasteiger partial charge in [0.2, 0.25) is 0 Å². The zero-order valence-electron chi connectivity index (χ0n) is 25.4. The van der Waals surface area contributed by atoms with Gasteiger partial charge in [0, 0.05) is 18.7 Å². The van der Waals surface area contributed by atoms with Gasteiger partial charge in [-0.15, -0.1) is 11.3 Å².